The lowest BCUT2D eigenvalue weighted by Gasteiger charge is -2.45. The average molecular weight is 353 g/mol. The van der Waals surface area contributed by atoms with Crippen molar-refractivity contribution in [3.8, 4) is 0 Å². The van der Waals surface area contributed by atoms with Gasteiger partial charge in [-0.1, -0.05) is 43.6 Å². The van der Waals surface area contributed by atoms with E-state index in [0.717, 1.165) is 17.3 Å². The minimum absolute atomic E-state index is 0.0708. The molecule has 3 nitrogen and oxygen atoms in total. The van der Waals surface area contributed by atoms with Gasteiger partial charge < -0.3 is 11.1 Å². The summed E-state index contributed by atoms with van der Waals surface area (Å²) in [6, 6.07) is 5.59. The summed E-state index contributed by atoms with van der Waals surface area (Å²) in [4.78, 5) is 12.5. The topological polar surface area (TPSA) is 55.1 Å². The minimum Gasteiger partial charge on any atom is -0.398 e. The van der Waals surface area contributed by atoms with Gasteiger partial charge in [0.15, 0.2) is 0 Å². The Balaban J connectivity index is 2.12. The SMILES string of the molecule is CC1(C)CC(NC(=O)c2ccc(Br)cc2N)CC(C)(C)C1. The molecule has 0 unspecified atom stereocenters. The van der Waals surface area contributed by atoms with Crippen molar-refractivity contribution in [3.05, 3.63) is 28.2 Å². The maximum atomic E-state index is 12.5. The van der Waals surface area contributed by atoms with Gasteiger partial charge in [0.1, 0.15) is 0 Å². The zero-order valence-electron chi connectivity index (χ0n) is 13.3. The smallest absolute Gasteiger partial charge is 0.253 e. The van der Waals surface area contributed by atoms with E-state index in [-0.39, 0.29) is 22.8 Å². The number of halogens is 1. The van der Waals surface area contributed by atoms with E-state index in [1.54, 1.807) is 12.1 Å². The van der Waals surface area contributed by atoms with Crippen LogP contribution in [-0.2, 0) is 0 Å². The van der Waals surface area contributed by atoms with Crippen LogP contribution in [0.2, 0.25) is 0 Å². The zero-order valence-corrected chi connectivity index (χ0v) is 14.9. The van der Waals surface area contributed by atoms with E-state index >= 15 is 0 Å². The molecular weight excluding hydrogens is 328 g/mol. The largest absolute Gasteiger partial charge is 0.398 e. The number of carbonyl (C=O) groups excluding carboxylic acids is 1. The predicted molar refractivity (Wildman–Crippen MR) is 91.2 cm³/mol. The Hall–Kier alpha value is -1.03. The molecule has 0 aliphatic heterocycles. The number of carbonyl (C=O) groups is 1. The first-order chi connectivity index (χ1) is 9.58. The summed E-state index contributed by atoms with van der Waals surface area (Å²) in [5.41, 5.74) is 7.52. The molecule has 0 spiro atoms. The third kappa shape index (κ3) is 4.22. The molecule has 1 aromatic carbocycles. The molecule has 3 N–H and O–H groups in total. The molecule has 1 amide bonds. The third-order valence-corrected chi connectivity index (χ3v) is 4.64. The maximum Gasteiger partial charge on any atom is 0.253 e. The Morgan fingerprint density at radius 2 is 1.81 bits per heavy atom. The second-order valence-electron chi connectivity index (χ2n) is 7.82. The van der Waals surface area contributed by atoms with E-state index in [0.29, 0.717) is 11.3 Å². The minimum atomic E-state index is -0.0708. The lowest BCUT2D eigenvalue weighted by atomic mass is 9.63. The van der Waals surface area contributed by atoms with Crippen LogP contribution in [0.3, 0.4) is 0 Å². The molecule has 0 radical (unpaired) electrons. The van der Waals surface area contributed by atoms with Crippen molar-refractivity contribution >= 4 is 27.5 Å². The van der Waals surface area contributed by atoms with E-state index in [1.807, 2.05) is 6.07 Å². The van der Waals surface area contributed by atoms with Gasteiger partial charge in [-0.25, -0.2) is 0 Å². The highest BCUT2D eigenvalue weighted by atomic mass is 79.9. The second kappa shape index (κ2) is 5.64. The van der Waals surface area contributed by atoms with Crippen LogP contribution in [-0.4, -0.2) is 11.9 Å². The number of benzene rings is 1. The lowest BCUT2D eigenvalue weighted by molar-refractivity contribution is 0.0714. The number of nitrogens with two attached hydrogens (primary N) is 1. The first-order valence-electron chi connectivity index (χ1n) is 7.44. The average Bonchev–Trinajstić information content (AvgIpc) is 2.23. The van der Waals surface area contributed by atoms with Gasteiger partial charge in [-0.15, -0.1) is 0 Å². The van der Waals surface area contributed by atoms with Crippen LogP contribution in [0, 0.1) is 10.8 Å². The fourth-order valence-corrected chi connectivity index (χ4v) is 4.33. The van der Waals surface area contributed by atoms with Crippen LogP contribution >= 0.6 is 15.9 Å². The molecule has 0 aromatic heterocycles. The van der Waals surface area contributed by atoms with Crippen molar-refractivity contribution in [3.63, 3.8) is 0 Å². The molecule has 1 aromatic rings. The fourth-order valence-electron chi connectivity index (χ4n) is 3.95. The summed E-state index contributed by atoms with van der Waals surface area (Å²) in [6.07, 6.45) is 3.21. The van der Waals surface area contributed by atoms with E-state index in [9.17, 15) is 4.79 Å². The van der Waals surface area contributed by atoms with Gasteiger partial charge in [-0.2, -0.15) is 0 Å². The molecule has 4 heteroatoms. The standard InChI is InChI=1S/C17H25BrN2O/c1-16(2)8-12(9-17(3,4)10-16)20-15(21)13-6-5-11(18)7-14(13)19/h5-7,12H,8-10,19H2,1-4H3,(H,20,21). The number of nitrogen functional groups attached to an aromatic ring is 1. The summed E-state index contributed by atoms with van der Waals surface area (Å²) >= 11 is 3.36. The number of anilines is 1. The molecule has 1 aliphatic rings. The molecule has 0 saturated heterocycles. The Morgan fingerprint density at radius 3 is 2.33 bits per heavy atom. The highest BCUT2D eigenvalue weighted by Gasteiger charge is 2.39. The highest BCUT2D eigenvalue weighted by Crippen LogP contribution is 2.45. The highest BCUT2D eigenvalue weighted by molar-refractivity contribution is 9.10. The molecule has 21 heavy (non-hydrogen) atoms. The van der Waals surface area contributed by atoms with Gasteiger partial charge >= 0.3 is 0 Å². The van der Waals surface area contributed by atoms with Crippen molar-refractivity contribution in [1.82, 2.24) is 5.32 Å². The van der Waals surface area contributed by atoms with Crippen LogP contribution in [0.15, 0.2) is 22.7 Å². The molecule has 1 saturated carbocycles. The quantitative estimate of drug-likeness (QED) is 0.776. The lowest BCUT2D eigenvalue weighted by Crippen LogP contribution is -2.46. The summed E-state index contributed by atoms with van der Waals surface area (Å²) in [7, 11) is 0. The molecule has 0 bridgehead atoms. The van der Waals surface area contributed by atoms with E-state index in [4.69, 9.17) is 5.73 Å². The molecule has 116 valence electrons. The zero-order chi connectivity index (χ0) is 15.8. The van der Waals surface area contributed by atoms with Gasteiger partial charge in [0, 0.05) is 16.2 Å². The van der Waals surface area contributed by atoms with Gasteiger partial charge in [-0.3, -0.25) is 4.79 Å². The number of rotatable bonds is 2. The summed E-state index contributed by atoms with van der Waals surface area (Å²) in [6.45, 7) is 9.12. The van der Waals surface area contributed by atoms with Crippen molar-refractivity contribution in [1.29, 1.82) is 0 Å². The Bertz CT molecular complexity index is 536. The van der Waals surface area contributed by atoms with Crippen LogP contribution in [0.5, 0.6) is 0 Å². The van der Waals surface area contributed by atoms with Crippen molar-refractivity contribution in [2.24, 2.45) is 10.8 Å². The summed E-state index contributed by atoms with van der Waals surface area (Å²) in [5.74, 6) is -0.0708. The molecular formula is C17H25BrN2O. The first-order valence-corrected chi connectivity index (χ1v) is 8.23. The molecule has 0 atom stereocenters. The second-order valence-corrected chi connectivity index (χ2v) is 8.73. The normalized spacial score (nSPS) is 21.0. The predicted octanol–water partition coefficient (Wildman–Crippen LogP) is 4.37. The van der Waals surface area contributed by atoms with Gasteiger partial charge in [0.05, 0.1) is 5.56 Å². The van der Waals surface area contributed by atoms with Crippen LogP contribution in [0.1, 0.15) is 57.3 Å². The number of nitrogens with one attached hydrogen (secondary N) is 1. The molecule has 0 heterocycles. The van der Waals surface area contributed by atoms with Gasteiger partial charge in [-0.05, 0) is 48.3 Å². The van der Waals surface area contributed by atoms with Gasteiger partial charge in [0.25, 0.3) is 5.91 Å². The van der Waals surface area contributed by atoms with Crippen molar-refractivity contribution in [2.45, 2.75) is 53.0 Å². The third-order valence-electron chi connectivity index (χ3n) is 4.15. The van der Waals surface area contributed by atoms with Crippen LogP contribution in [0.25, 0.3) is 0 Å². The Morgan fingerprint density at radius 1 is 1.24 bits per heavy atom. The summed E-state index contributed by atoms with van der Waals surface area (Å²) < 4.78 is 0.886. The number of hydrogen-bond acceptors (Lipinski definition) is 2. The van der Waals surface area contributed by atoms with Crippen LogP contribution < -0.4 is 11.1 Å². The monoisotopic (exact) mass is 352 g/mol. The van der Waals surface area contributed by atoms with Gasteiger partial charge in [0.2, 0.25) is 0 Å². The van der Waals surface area contributed by atoms with E-state index in [2.05, 4.69) is 48.9 Å². The molecule has 1 aliphatic carbocycles. The van der Waals surface area contributed by atoms with Crippen molar-refractivity contribution < 1.29 is 4.79 Å². The Kier molecular flexibility index (Phi) is 4.39. The number of amides is 1. The fraction of sp³-hybridized carbons (Fsp3) is 0.588. The molecule has 1 fully saturated rings. The first kappa shape index (κ1) is 16.3. The van der Waals surface area contributed by atoms with Crippen molar-refractivity contribution in [2.75, 3.05) is 5.73 Å². The van der Waals surface area contributed by atoms with E-state index < -0.39 is 0 Å². The molecule has 2 rings (SSSR count). The Labute approximate surface area is 135 Å². The number of hydrogen-bond donors (Lipinski definition) is 2. The van der Waals surface area contributed by atoms with Crippen LogP contribution in [0.4, 0.5) is 5.69 Å². The summed E-state index contributed by atoms with van der Waals surface area (Å²) in [5, 5.41) is 3.17. The van der Waals surface area contributed by atoms with E-state index in [1.165, 1.54) is 6.42 Å². The maximum absolute atomic E-state index is 12.5.